The van der Waals surface area contributed by atoms with E-state index in [0.717, 1.165) is 23.2 Å². The highest BCUT2D eigenvalue weighted by Gasteiger charge is 2.38. The average molecular weight is 442 g/mol. The second-order valence-corrected chi connectivity index (χ2v) is 6.54. The van der Waals surface area contributed by atoms with E-state index in [9.17, 15) is 18.0 Å². The van der Waals surface area contributed by atoms with Gasteiger partial charge in [0.05, 0.1) is 0 Å². The van der Waals surface area contributed by atoms with Gasteiger partial charge in [0.15, 0.2) is 5.82 Å². The van der Waals surface area contributed by atoms with Gasteiger partial charge in [-0.2, -0.15) is 24.5 Å². The number of aromatic nitrogens is 4. The predicted octanol–water partition coefficient (Wildman–Crippen LogP) is 2.17. The van der Waals surface area contributed by atoms with Crippen molar-refractivity contribution in [2.75, 3.05) is 11.9 Å². The van der Waals surface area contributed by atoms with Gasteiger partial charge in [0.2, 0.25) is 5.91 Å². The third-order valence-electron chi connectivity index (χ3n) is 3.49. The third kappa shape index (κ3) is 6.93. The van der Waals surface area contributed by atoms with E-state index in [1.807, 2.05) is 41.1 Å². The molecule has 0 aliphatic heterocycles. The Bertz CT molecular complexity index is 975. The molecule has 1 amide bonds. The topological polar surface area (TPSA) is 136 Å². The van der Waals surface area contributed by atoms with Crippen LogP contribution in [0.3, 0.4) is 0 Å². The number of halogens is 3. The van der Waals surface area contributed by atoms with Gasteiger partial charge in [0.1, 0.15) is 6.54 Å². The number of alkyl halides is 3. The Morgan fingerprint density at radius 2 is 2.00 bits per heavy atom. The summed E-state index contributed by atoms with van der Waals surface area (Å²) in [6.07, 6.45) is -4.31. The quantitative estimate of drug-likeness (QED) is 0.532. The van der Waals surface area contributed by atoms with E-state index in [1.165, 1.54) is 4.68 Å². The van der Waals surface area contributed by atoms with Crippen LogP contribution in [-0.2, 0) is 22.6 Å². The van der Waals surface area contributed by atoms with Gasteiger partial charge in [-0.15, -0.1) is 5.10 Å². The van der Waals surface area contributed by atoms with Gasteiger partial charge in [0, 0.05) is 16.6 Å². The van der Waals surface area contributed by atoms with Crippen LogP contribution in [0, 0.1) is 0 Å². The van der Waals surface area contributed by atoms with Crippen molar-refractivity contribution in [2.24, 2.45) is 5.73 Å². The maximum absolute atomic E-state index is 12.2. The van der Waals surface area contributed by atoms with Gasteiger partial charge in [0.25, 0.3) is 0 Å². The Hall–Kier alpha value is -3.32. The number of carboxylic acids is 1. The molecule has 0 aliphatic carbocycles. The number of nitrogens with two attached hydrogens (primary N) is 1. The van der Waals surface area contributed by atoms with Gasteiger partial charge in [-0.3, -0.25) is 4.79 Å². The Kier molecular flexibility index (Phi) is 8.00. The smallest absolute Gasteiger partial charge is 0.475 e. The number of anilines is 1. The molecule has 0 saturated heterocycles. The van der Waals surface area contributed by atoms with Crippen molar-refractivity contribution in [1.29, 1.82) is 0 Å². The van der Waals surface area contributed by atoms with Crippen LogP contribution >= 0.6 is 11.3 Å². The van der Waals surface area contributed by atoms with Crippen LogP contribution < -0.4 is 11.1 Å². The number of carboxylic acid groups (broad SMARTS) is 1. The van der Waals surface area contributed by atoms with Gasteiger partial charge in [-0.1, -0.05) is 12.1 Å². The molecule has 160 valence electrons. The maximum atomic E-state index is 12.2. The highest BCUT2D eigenvalue weighted by molar-refractivity contribution is 7.08. The molecule has 4 N–H and O–H groups in total. The maximum Gasteiger partial charge on any atom is 0.490 e. The first-order valence-corrected chi connectivity index (χ1v) is 9.32. The normalized spacial score (nSPS) is 10.8. The fourth-order valence-corrected chi connectivity index (χ4v) is 2.85. The van der Waals surface area contributed by atoms with Crippen LogP contribution in [0.2, 0.25) is 0 Å². The number of nitrogens with one attached hydrogen (secondary N) is 1. The molecule has 3 rings (SSSR count). The largest absolute Gasteiger partial charge is 0.490 e. The van der Waals surface area contributed by atoms with E-state index in [1.54, 1.807) is 11.3 Å². The van der Waals surface area contributed by atoms with Crippen molar-refractivity contribution in [3.05, 3.63) is 46.7 Å². The molecular formula is C17H17F3N6O3S. The van der Waals surface area contributed by atoms with E-state index in [-0.39, 0.29) is 12.5 Å². The lowest BCUT2D eigenvalue weighted by atomic mass is 10.1. The summed E-state index contributed by atoms with van der Waals surface area (Å²) in [5.74, 6) is -2.36. The number of rotatable bonds is 6. The van der Waals surface area contributed by atoms with Gasteiger partial charge in [-0.25, -0.2) is 9.48 Å². The van der Waals surface area contributed by atoms with E-state index >= 15 is 0 Å². The summed E-state index contributed by atoms with van der Waals surface area (Å²) in [6.45, 7) is 0.630. The Labute approximate surface area is 172 Å². The minimum absolute atomic E-state index is 0.0549. The summed E-state index contributed by atoms with van der Waals surface area (Å²) >= 11 is 1.55. The molecular weight excluding hydrogens is 425 g/mol. The lowest BCUT2D eigenvalue weighted by Crippen LogP contribution is -2.21. The molecule has 2 heterocycles. The van der Waals surface area contributed by atoms with Crippen LogP contribution in [-0.4, -0.2) is 49.9 Å². The number of hydrogen-bond donors (Lipinski definition) is 3. The predicted molar refractivity (Wildman–Crippen MR) is 103 cm³/mol. The highest BCUT2D eigenvalue weighted by atomic mass is 32.1. The molecule has 13 heteroatoms. The number of hydrogen-bond acceptors (Lipinski definition) is 7. The molecule has 0 aliphatic rings. The first-order valence-electron chi connectivity index (χ1n) is 8.38. The average Bonchev–Trinajstić information content (AvgIpc) is 3.33. The van der Waals surface area contributed by atoms with Crippen molar-refractivity contribution >= 4 is 28.9 Å². The summed E-state index contributed by atoms with van der Waals surface area (Å²) in [7, 11) is 0. The second kappa shape index (κ2) is 10.5. The highest BCUT2D eigenvalue weighted by Crippen LogP contribution is 2.19. The van der Waals surface area contributed by atoms with Crippen molar-refractivity contribution in [1.82, 2.24) is 20.2 Å². The number of thiophene rings is 1. The third-order valence-corrected chi connectivity index (χ3v) is 4.17. The number of carbonyl (C=O) groups excluding carboxylic acids is 1. The van der Waals surface area contributed by atoms with Crippen molar-refractivity contribution in [3.63, 3.8) is 0 Å². The molecule has 9 nitrogen and oxygen atoms in total. The molecule has 0 bridgehead atoms. The van der Waals surface area contributed by atoms with Gasteiger partial charge >= 0.3 is 12.1 Å². The zero-order valence-corrected chi connectivity index (χ0v) is 16.2. The van der Waals surface area contributed by atoms with Crippen LogP contribution in [0.15, 0.2) is 41.1 Å². The van der Waals surface area contributed by atoms with E-state index in [2.05, 4.69) is 20.8 Å². The van der Waals surface area contributed by atoms with Crippen molar-refractivity contribution in [2.45, 2.75) is 19.1 Å². The van der Waals surface area contributed by atoms with Crippen molar-refractivity contribution < 1.29 is 27.9 Å². The monoisotopic (exact) mass is 442 g/mol. The van der Waals surface area contributed by atoms with Gasteiger partial charge < -0.3 is 16.2 Å². The van der Waals surface area contributed by atoms with E-state index in [4.69, 9.17) is 15.6 Å². The van der Waals surface area contributed by atoms with Crippen LogP contribution in [0.5, 0.6) is 0 Å². The molecule has 0 saturated carbocycles. The molecule has 2 aromatic heterocycles. The minimum Gasteiger partial charge on any atom is -0.475 e. The molecule has 3 aromatic rings. The molecule has 0 fully saturated rings. The Morgan fingerprint density at radius 3 is 2.60 bits per heavy atom. The van der Waals surface area contributed by atoms with E-state index < -0.39 is 12.1 Å². The molecule has 0 unspecified atom stereocenters. The molecule has 0 spiro atoms. The number of carbonyl (C=O) groups is 2. The van der Waals surface area contributed by atoms with Crippen LogP contribution in [0.4, 0.5) is 18.9 Å². The summed E-state index contributed by atoms with van der Waals surface area (Å²) in [4.78, 5) is 21.1. The minimum atomic E-state index is -5.08. The first kappa shape index (κ1) is 23.0. The van der Waals surface area contributed by atoms with Crippen molar-refractivity contribution in [3.8, 4) is 11.4 Å². The fraction of sp³-hybridized carbons (Fsp3) is 0.235. The number of tetrazole rings is 1. The summed E-state index contributed by atoms with van der Waals surface area (Å²) in [5, 5.41) is 25.4. The number of nitrogens with zero attached hydrogens (tertiary/aromatic N) is 4. The molecule has 0 atom stereocenters. The standard InChI is InChI=1S/C15H16N6OS.C2HF3O2/c16-6-4-11-2-1-3-13(8-11)17-14(22)9-21-15(18-19-20-21)12-5-7-23-10-12;3-2(4,5)1(6)7/h1-3,5,7-8,10H,4,6,9,16H2,(H,17,22);(H,6,7). The lowest BCUT2D eigenvalue weighted by Gasteiger charge is -2.08. The lowest BCUT2D eigenvalue weighted by molar-refractivity contribution is -0.192. The number of amides is 1. The zero-order valence-electron chi connectivity index (χ0n) is 15.3. The molecule has 0 radical (unpaired) electrons. The van der Waals surface area contributed by atoms with Crippen LogP contribution in [0.1, 0.15) is 5.56 Å². The zero-order chi connectivity index (χ0) is 22.1. The Balaban J connectivity index is 0.000000396. The molecule has 30 heavy (non-hydrogen) atoms. The SMILES string of the molecule is NCCc1cccc(NC(=O)Cn2nnnc2-c2ccsc2)c1.O=C(O)C(F)(F)F. The summed E-state index contributed by atoms with van der Waals surface area (Å²) in [5.41, 5.74) is 8.29. The van der Waals surface area contributed by atoms with Gasteiger partial charge in [-0.05, 0) is 52.5 Å². The Morgan fingerprint density at radius 1 is 1.27 bits per heavy atom. The molecule has 1 aromatic carbocycles. The summed E-state index contributed by atoms with van der Waals surface area (Å²) in [6, 6.07) is 9.56. The number of benzene rings is 1. The fourth-order valence-electron chi connectivity index (χ4n) is 2.22. The number of aliphatic carboxylic acids is 1. The summed E-state index contributed by atoms with van der Waals surface area (Å²) < 4.78 is 33.2. The van der Waals surface area contributed by atoms with E-state index in [0.29, 0.717) is 12.4 Å². The van der Waals surface area contributed by atoms with Crippen LogP contribution in [0.25, 0.3) is 11.4 Å². The second-order valence-electron chi connectivity index (χ2n) is 5.76. The first-order chi connectivity index (χ1) is 14.2.